The summed E-state index contributed by atoms with van der Waals surface area (Å²) in [4.78, 5) is 14.2. The Balaban J connectivity index is 2.40. The number of carbonyl (C=O) groups is 1. The topological polar surface area (TPSA) is 86.8 Å². The molecular formula is C16H18N2O3. The van der Waals surface area contributed by atoms with Crippen LogP contribution in [0.2, 0.25) is 0 Å². The van der Waals surface area contributed by atoms with Crippen LogP contribution in [0.15, 0.2) is 42.5 Å². The monoisotopic (exact) mass is 286 g/mol. The lowest BCUT2D eigenvalue weighted by atomic mass is 10.1. The van der Waals surface area contributed by atoms with Crippen molar-refractivity contribution < 1.29 is 15.0 Å². The number of amides is 1. The fourth-order valence-electron chi connectivity index (χ4n) is 2.11. The van der Waals surface area contributed by atoms with E-state index in [0.29, 0.717) is 17.9 Å². The minimum atomic E-state index is -0.333. The summed E-state index contributed by atoms with van der Waals surface area (Å²) in [5.41, 5.74) is 7.14. The van der Waals surface area contributed by atoms with Crippen molar-refractivity contribution in [3.05, 3.63) is 48.0 Å². The summed E-state index contributed by atoms with van der Waals surface area (Å²) in [5, 5.41) is 19.2. The van der Waals surface area contributed by atoms with Crippen molar-refractivity contribution in [2.24, 2.45) is 0 Å². The Labute approximate surface area is 123 Å². The molecule has 110 valence electrons. The number of nitrogens with zero attached hydrogens (tertiary/aromatic N) is 1. The van der Waals surface area contributed by atoms with Gasteiger partial charge in [0.25, 0.3) is 5.91 Å². The Kier molecular flexibility index (Phi) is 4.33. The second-order valence-corrected chi connectivity index (χ2v) is 4.75. The summed E-state index contributed by atoms with van der Waals surface area (Å²) in [6.07, 6.45) is 0.763. The van der Waals surface area contributed by atoms with Gasteiger partial charge in [-0.1, -0.05) is 13.0 Å². The van der Waals surface area contributed by atoms with E-state index >= 15 is 0 Å². The zero-order chi connectivity index (χ0) is 15.4. The van der Waals surface area contributed by atoms with Gasteiger partial charge in [0.15, 0.2) is 0 Å². The fraction of sp³-hybridized carbons (Fsp3) is 0.188. The van der Waals surface area contributed by atoms with Crippen LogP contribution in [-0.4, -0.2) is 22.7 Å². The first kappa shape index (κ1) is 14.7. The molecule has 4 N–H and O–H groups in total. The Hall–Kier alpha value is -2.69. The third kappa shape index (κ3) is 3.25. The molecule has 2 aromatic rings. The van der Waals surface area contributed by atoms with Gasteiger partial charge in [0, 0.05) is 24.0 Å². The molecule has 0 aliphatic rings. The van der Waals surface area contributed by atoms with Crippen LogP contribution >= 0.6 is 0 Å². The standard InChI is InChI=1S/C16H18N2O3/c1-2-8-18(12-5-3-4-11(17)9-12)16(21)14-7-6-13(19)10-15(14)20/h3-7,9-10,19-20H,2,8,17H2,1H3. The summed E-state index contributed by atoms with van der Waals surface area (Å²) >= 11 is 0. The van der Waals surface area contributed by atoms with Crippen molar-refractivity contribution in [3.8, 4) is 11.5 Å². The van der Waals surface area contributed by atoms with E-state index < -0.39 is 0 Å². The van der Waals surface area contributed by atoms with Crippen LogP contribution in [-0.2, 0) is 0 Å². The number of benzene rings is 2. The van der Waals surface area contributed by atoms with Crippen molar-refractivity contribution in [1.29, 1.82) is 0 Å². The quantitative estimate of drug-likeness (QED) is 0.754. The molecule has 5 heteroatoms. The molecule has 0 fully saturated rings. The summed E-state index contributed by atoms with van der Waals surface area (Å²) < 4.78 is 0. The highest BCUT2D eigenvalue weighted by molar-refractivity contribution is 6.08. The van der Waals surface area contributed by atoms with Gasteiger partial charge in [0.05, 0.1) is 5.56 Å². The molecule has 0 bridgehead atoms. The number of carbonyl (C=O) groups excluding carboxylic acids is 1. The van der Waals surface area contributed by atoms with Crippen LogP contribution in [0.1, 0.15) is 23.7 Å². The number of phenolic OH excluding ortho intramolecular Hbond substituents is 2. The van der Waals surface area contributed by atoms with Gasteiger partial charge < -0.3 is 20.8 Å². The number of nitrogens with two attached hydrogens (primary N) is 1. The van der Waals surface area contributed by atoms with Crippen LogP contribution in [0.5, 0.6) is 11.5 Å². The number of hydrogen-bond acceptors (Lipinski definition) is 4. The highest BCUT2D eigenvalue weighted by Crippen LogP contribution is 2.27. The zero-order valence-electron chi connectivity index (χ0n) is 11.8. The number of rotatable bonds is 4. The lowest BCUT2D eigenvalue weighted by Crippen LogP contribution is -2.31. The molecule has 1 amide bonds. The number of hydrogen-bond donors (Lipinski definition) is 3. The van der Waals surface area contributed by atoms with E-state index in [-0.39, 0.29) is 23.0 Å². The normalized spacial score (nSPS) is 10.3. The molecule has 5 nitrogen and oxygen atoms in total. The Morgan fingerprint density at radius 3 is 2.57 bits per heavy atom. The molecule has 0 aromatic heterocycles. The number of nitrogen functional groups attached to an aromatic ring is 1. The SMILES string of the molecule is CCCN(C(=O)c1ccc(O)cc1O)c1cccc(N)c1. The van der Waals surface area contributed by atoms with Crippen LogP contribution in [0, 0.1) is 0 Å². The van der Waals surface area contributed by atoms with Crippen molar-refractivity contribution in [3.63, 3.8) is 0 Å². The van der Waals surface area contributed by atoms with Crippen molar-refractivity contribution in [1.82, 2.24) is 0 Å². The van der Waals surface area contributed by atoms with Crippen molar-refractivity contribution in [2.45, 2.75) is 13.3 Å². The largest absolute Gasteiger partial charge is 0.508 e. The van der Waals surface area contributed by atoms with Crippen LogP contribution in [0.4, 0.5) is 11.4 Å². The second kappa shape index (κ2) is 6.17. The predicted molar refractivity (Wildman–Crippen MR) is 82.6 cm³/mol. The minimum Gasteiger partial charge on any atom is -0.508 e. The van der Waals surface area contributed by atoms with Crippen LogP contribution in [0.25, 0.3) is 0 Å². The zero-order valence-corrected chi connectivity index (χ0v) is 11.8. The first-order valence-corrected chi connectivity index (χ1v) is 6.72. The highest BCUT2D eigenvalue weighted by atomic mass is 16.3. The van der Waals surface area contributed by atoms with E-state index in [1.807, 2.05) is 6.92 Å². The van der Waals surface area contributed by atoms with Crippen LogP contribution in [0.3, 0.4) is 0 Å². The number of phenols is 2. The summed E-state index contributed by atoms with van der Waals surface area (Å²) in [7, 11) is 0. The highest BCUT2D eigenvalue weighted by Gasteiger charge is 2.20. The summed E-state index contributed by atoms with van der Waals surface area (Å²) in [6, 6.07) is 11.0. The molecule has 2 rings (SSSR count). The number of anilines is 2. The summed E-state index contributed by atoms with van der Waals surface area (Å²) in [5.74, 6) is -0.667. The van der Waals surface area contributed by atoms with Gasteiger partial charge in [-0.3, -0.25) is 4.79 Å². The van der Waals surface area contributed by atoms with Crippen molar-refractivity contribution in [2.75, 3.05) is 17.2 Å². The molecule has 0 saturated heterocycles. The molecule has 0 radical (unpaired) electrons. The number of aromatic hydroxyl groups is 2. The second-order valence-electron chi connectivity index (χ2n) is 4.75. The Morgan fingerprint density at radius 2 is 1.95 bits per heavy atom. The van der Waals surface area contributed by atoms with E-state index in [4.69, 9.17) is 5.73 Å². The maximum atomic E-state index is 12.6. The smallest absolute Gasteiger partial charge is 0.262 e. The lowest BCUT2D eigenvalue weighted by molar-refractivity contribution is 0.0984. The molecule has 0 unspecified atom stereocenters. The molecule has 0 aliphatic carbocycles. The molecular weight excluding hydrogens is 268 g/mol. The van der Waals surface area contributed by atoms with E-state index in [1.165, 1.54) is 12.1 Å². The molecule has 0 atom stereocenters. The Bertz CT molecular complexity index is 656. The van der Waals surface area contributed by atoms with E-state index in [0.717, 1.165) is 12.5 Å². The first-order chi connectivity index (χ1) is 10.0. The van der Waals surface area contributed by atoms with Gasteiger partial charge in [0.1, 0.15) is 11.5 Å². The van der Waals surface area contributed by atoms with Gasteiger partial charge in [-0.15, -0.1) is 0 Å². The maximum Gasteiger partial charge on any atom is 0.262 e. The average Bonchev–Trinajstić information content (AvgIpc) is 2.44. The molecule has 0 spiro atoms. The molecule has 2 aromatic carbocycles. The van der Waals surface area contributed by atoms with E-state index in [9.17, 15) is 15.0 Å². The third-order valence-corrected chi connectivity index (χ3v) is 3.09. The van der Waals surface area contributed by atoms with Crippen molar-refractivity contribution >= 4 is 17.3 Å². The van der Waals surface area contributed by atoms with Gasteiger partial charge in [-0.25, -0.2) is 0 Å². The first-order valence-electron chi connectivity index (χ1n) is 6.72. The molecule has 21 heavy (non-hydrogen) atoms. The molecule has 0 saturated carbocycles. The Morgan fingerprint density at radius 1 is 1.19 bits per heavy atom. The van der Waals surface area contributed by atoms with Crippen LogP contribution < -0.4 is 10.6 Å². The lowest BCUT2D eigenvalue weighted by Gasteiger charge is -2.23. The maximum absolute atomic E-state index is 12.6. The van der Waals surface area contributed by atoms with E-state index in [2.05, 4.69) is 0 Å². The van der Waals surface area contributed by atoms with Gasteiger partial charge in [-0.2, -0.15) is 0 Å². The van der Waals surface area contributed by atoms with E-state index in [1.54, 1.807) is 29.2 Å². The third-order valence-electron chi connectivity index (χ3n) is 3.09. The summed E-state index contributed by atoms with van der Waals surface area (Å²) in [6.45, 7) is 2.46. The van der Waals surface area contributed by atoms with Gasteiger partial charge in [0.2, 0.25) is 0 Å². The average molecular weight is 286 g/mol. The minimum absolute atomic E-state index is 0.0879. The fourth-order valence-corrected chi connectivity index (χ4v) is 2.11. The van der Waals surface area contributed by atoms with Gasteiger partial charge >= 0.3 is 0 Å². The molecule has 0 heterocycles. The van der Waals surface area contributed by atoms with Gasteiger partial charge in [-0.05, 0) is 36.8 Å². The predicted octanol–water partition coefficient (Wildman–Crippen LogP) is 2.74. The molecule has 0 aliphatic heterocycles.